The van der Waals surface area contributed by atoms with Gasteiger partial charge in [0.15, 0.2) is 5.96 Å². The number of carbonyl (C=O) groups excluding carboxylic acids is 1. The van der Waals surface area contributed by atoms with Crippen molar-refractivity contribution >= 4 is 35.8 Å². The van der Waals surface area contributed by atoms with Crippen molar-refractivity contribution in [3.05, 3.63) is 71.3 Å². The quantitative estimate of drug-likeness (QED) is 0.299. The second-order valence-corrected chi connectivity index (χ2v) is 6.71. The lowest BCUT2D eigenvalue weighted by Gasteiger charge is -2.16. The van der Waals surface area contributed by atoms with Gasteiger partial charge in [-0.15, -0.1) is 24.0 Å². The number of amides is 1. The predicted molar refractivity (Wildman–Crippen MR) is 127 cm³/mol. The van der Waals surface area contributed by atoms with Crippen molar-refractivity contribution in [1.29, 1.82) is 0 Å². The van der Waals surface area contributed by atoms with E-state index in [1.54, 1.807) is 7.05 Å². The zero-order chi connectivity index (χ0) is 19.5. The van der Waals surface area contributed by atoms with Gasteiger partial charge >= 0.3 is 0 Å². The summed E-state index contributed by atoms with van der Waals surface area (Å²) in [5.41, 5.74) is 3.67. The number of carbonyl (C=O) groups is 1. The van der Waals surface area contributed by atoms with Crippen molar-refractivity contribution < 1.29 is 4.79 Å². The van der Waals surface area contributed by atoms with Crippen LogP contribution in [0.3, 0.4) is 0 Å². The van der Waals surface area contributed by atoms with Gasteiger partial charge in [0.2, 0.25) is 5.91 Å². The van der Waals surface area contributed by atoms with Crippen LogP contribution in [0.5, 0.6) is 0 Å². The van der Waals surface area contributed by atoms with Crippen molar-refractivity contribution in [3.63, 3.8) is 0 Å². The monoisotopic (exact) mass is 494 g/mol. The maximum absolute atomic E-state index is 12.0. The van der Waals surface area contributed by atoms with Crippen LogP contribution >= 0.6 is 24.0 Å². The van der Waals surface area contributed by atoms with E-state index in [-0.39, 0.29) is 29.9 Å². The molecule has 1 atom stereocenters. The first kappa shape index (κ1) is 23.9. The van der Waals surface area contributed by atoms with E-state index >= 15 is 0 Å². The molecular weight excluding hydrogens is 463 g/mol. The fourth-order valence-electron chi connectivity index (χ4n) is 2.74. The molecule has 0 aliphatic carbocycles. The maximum Gasteiger partial charge on any atom is 0.222 e. The van der Waals surface area contributed by atoms with E-state index in [0.717, 1.165) is 12.1 Å². The average molecular weight is 494 g/mol. The number of aryl methyl sites for hydroxylation is 1. The molecule has 0 saturated carbocycles. The first-order chi connectivity index (χ1) is 13.1. The van der Waals surface area contributed by atoms with E-state index in [1.807, 2.05) is 30.3 Å². The van der Waals surface area contributed by atoms with Gasteiger partial charge < -0.3 is 16.0 Å². The van der Waals surface area contributed by atoms with Gasteiger partial charge in [-0.2, -0.15) is 0 Å². The Hall–Kier alpha value is -2.09. The normalized spacial score (nSPS) is 11.9. The van der Waals surface area contributed by atoms with Crippen molar-refractivity contribution in [3.8, 4) is 0 Å². The molecule has 28 heavy (non-hydrogen) atoms. The molecule has 0 aliphatic rings. The van der Waals surface area contributed by atoms with Gasteiger partial charge in [-0.1, -0.05) is 67.1 Å². The SMILES string of the molecule is CN=C(NCCC(=O)NCc1ccccc1)NCC(C)c1cccc(C)c1.I. The number of guanidine groups is 1. The first-order valence-corrected chi connectivity index (χ1v) is 9.40. The molecule has 0 spiro atoms. The highest BCUT2D eigenvalue weighted by Gasteiger charge is 2.07. The van der Waals surface area contributed by atoms with Gasteiger partial charge in [0.05, 0.1) is 0 Å². The third kappa shape index (κ3) is 8.73. The highest BCUT2D eigenvalue weighted by molar-refractivity contribution is 14.0. The molecule has 1 amide bonds. The second-order valence-electron chi connectivity index (χ2n) is 6.71. The summed E-state index contributed by atoms with van der Waals surface area (Å²) in [6.07, 6.45) is 0.404. The van der Waals surface area contributed by atoms with Crippen molar-refractivity contribution in [2.75, 3.05) is 20.1 Å². The molecule has 2 aromatic carbocycles. The second kappa shape index (κ2) is 13.1. The van der Waals surface area contributed by atoms with E-state index in [9.17, 15) is 4.79 Å². The van der Waals surface area contributed by atoms with Gasteiger partial charge in [0.25, 0.3) is 0 Å². The fraction of sp³-hybridized carbons (Fsp3) is 0.364. The number of hydrogen-bond donors (Lipinski definition) is 3. The maximum atomic E-state index is 12.0. The third-order valence-electron chi connectivity index (χ3n) is 4.39. The summed E-state index contributed by atoms with van der Waals surface area (Å²) in [4.78, 5) is 16.2. The van der Waals surface area contributed by atoms with Crippen LogP contribution in [0.1, 0.15) is 36.0 Å². The third-order valence-corrected chi connectivity index (χ3v) is 4.39. The molecule has 0 aliphatic heterocycles. The molecule has 2 aromatic rings. The summed E-state index contributed by atoms with van der Waals surface area (Å²) in [6, 6.07) is 18.4. The Morgan fingerprint density at radius 2 is 1.79 bits per heavy atom. The fourth-order valence-corrected chi connectivity index (χ4v) is 2.74. The smallest absolute Gasteiger partial charge is 0.222 e. The summed E-state index contributed by atoms with van der Waals surface area (Å²) in [5.74, 6) is 1.11. The number of halogens is 1. The van der Waals surface area contributed by atoms with Gasteiger partial charge in [-0.25, -0.2) is 0 Å². The molecule has 6 heteroatoms. The van der Waals surface area contributed by atoms with Crippen LogP contribution < -0.4 is 16.0 Å². The van der Waals surface area contributed by atoms with Crippen molar-refractivity contribution in [2.45, 2.75) is 32.7 Å². The molecule has 0 fully saturated rings. The number of rotatable bonds is 8. The molecule has 0 radical (unpaired) electrons. The Kier molecular flexibility index (Phi) is 11.2. The van der Waals surface area contributed by atoms with Gasteiger partial charge in [0.1, 0.15) is 0 Å². The molecule has 0 bridgehead atoms. The van der Waals surface area contributed by atoms with E-state index in [4.69, 9.17) is 0 Å². The zero-order valence-corrected chi connectivity index (χ0v) is 19.2. The summed E-state index contributed by atoms with van der Waals surface area (Å²) < 4.78 is 0. The Morgan fingerprint density at radius 1 is 1.04 bits per heavy atom. The van der Waals surface area contributed by atoms with Gasteiger partial charge in [-0.05, 0) is 24.0 Å². The lowest BCUT2D eigenvalue weighted by Crippen LogP contribution is -2.40. The van der Waals surface area contributed by atoms with Crippen LogP contribution in [0.15, 0.2) is 59.6 Å². The average Bonchev–Trinajstić information content (AvgIpc) is 2.69. The minimum atomic E-state index is 0. The highest BCUT2D eigenvalue weighted by Crippen LogP contribution is 2.15. The number of benzene rings is 2. The molecule has 152 valence electrons. The Bertz CT molecular complexity index is 749. The zero-order valence-electron chi connectivity index (χ0n) is 16.9. The summed E-state index contributed by atoms with van der Waals surface area (Å²) in [5, 5.41) is 9.45. The van der Waals surface area contributed by atoms with Crippen LogP contribution in [-0.4, -0.2) is 32.0 Å². The standard InChI is InChI=1S/C22H30N4O.HI/c1-17-8-7-11-20(14-17)18(2)15-26-22(23-3)24-13-12-21(27)25-16-19-9-5-4-6-10-19;/h4-11,14,18H,12-13,15-16H2,1-3H3,(H,25,27)(H2,23,24,26);1H. The van der Waals surface area contributed by atoms with Crippen LogP contribution in [0.2, 0.25) is 0 Å². The van der Waals surface area contributed by atoms with Crippen LogP contribution in [-0.2, 0) is 11.3 Å². The lowest BCUT2D eigenvalue weighted by atomic mass is 9.99. The molecule has 0 aromatic heterocycles. The van der Waals surface area contributed by atoms with Crippen molar-refractivity contribution in [2.24, 2.45) is 4.99 Å². The topological polar surface area (TPSA) is 65.5 Å². The largest absolute Gasteiger partial charge is 0.356 e. The first-order valence-electron chi connectivity index (χ1n) is 9.40. The summed E-state index contributed by atoms with van der Waals surface area (Å²) in [7, 11) is 1.74. The minimum absolute atomic E-state index is 0. The lowest BCUT2D eigenvalue weighted by molar-refractivity contribution is -0.121. The molecule has 1 unspecified atom stereocenters. The Labute approximate surface area is 185 Å². The molecule has 2 rings (SSSR count). The number of hydrogen-bond acceptors (Lipinski definition) is 2. The highest BCUT2D eigenvalue weighted by atomic mass is 127. The number of aliphatic imine (C=N–C) groups is 1. The molecule has 0 heterocycles. The van der Waals surface area contributed by atoms with Crippen LogP contribution in [0, 0.1) is 6.92 Å². The van der Waals surface area contributed by atoms with E-state index in [1.165, 1.54) is 11.1 Å². The van der Waals surface area contributed by atoms with E-state index in [2.05, 4.69) is 59.1 Å². The van der Waals surface area contributed by atoms with Crippen LogP contribution in [0.25, 0.3) is 0 Å². The predicted octanol–water partition coefficient (Wildman–Crippen LogP) is 3.59. The Balaban J connectivity index is 0.00000392. The molecule has 0 saturated heterocycles. The van der Waals surface area contributed by atoms with Gasteiger partial charge in [0, 0.05) is 33.1 Å². The molecule has 3 N–H and O–H groups in total. The molecule has 5 nitrogen and oxygen atoms in total. The summed E-state index contributed by atoms with van der Waals surface area (Å²) in [6.45, 7) is 6.17. The number of nitrogens with zero attached hydrogens (tertiary/aromatic N) is 1. The Morgan fingerprint density at radius 3 is 2.46 bits per heavy atom. The minimum Gasteiger partial charge on any atom is -0.356 e. The summed E-state index contributed by atoms with van der Waals surface area (Å²) >= 11 is 0. The molecular formula is C22H31IN4O. The van der Waals surface area contributed by atoms with E-state index in [0.29, 0.717) is 31.4 Å². The van der Waals surface area contributed by atoms with Gasteiger partial charge in [-0.3, -0.25) is 9.79 Å². The van der Waals surface area contributed by atoms with Crippen LogP contribution in [0.4, 0.5) is 0 Å². The number of nitrogens with one attached hydrogen (secondary N) is 3. The van der Waals surface area contributed by atoms with E-state index < -0.39 is 0 Å². The van der Waals surface area contributed by atoms with Crippen molar-refractivity contribution in [1.82, 2.24) is 16.0 Å².